The average Bonchev–Trinajstić information content (AvgIpc) is 3.44. The maximum Gasteiger partial charge on any atom is 0.256 e. The van der Waals surface area contributed by atoms with Crippen LogP contribution in [0.4, 0.5) is 4.39 Å². The monoisotopic (exact) mass is 347 g/mol. The summed E-state index contributed by atoms with van der Waals surface area (Å²) in [6.45, 7) is 5.90. The Balaban J connectivity index is 1.48. The maximum atomic E-state index is 14.0. The van der Waals surface area contributed by atoms with Gasteiger partial charge in [0, 0.05) is 44.3 Å². The van der Waals surface area contributed by atoms with Crippen LogP contribution in [0.5, 0.6) is 0 Å². The topological polar surface area (TPSA) is 45.7 Å². The van der Waals surface area contributed by atoms with Gasteiger partial charge in [-0.15, -0.1) is 0 Å². The van der Waals surface area contributed by atoms with Crippen molar-refractivity contribution in [2.45, 2.75) is 25.7 Å². The molecule has 5 nitrogen and oxygen atoms in total. The van der Waals surface area contributed by atoms with E-state index in [1.54, 1.807) is 0 Å². The van der Waals surface area contributed by atoms with Crippen LogP contribution < -0.4 is 0 Å². The van der Waals surface area contributed by atoms with E-state index in [-0.39, 0.29) is 16.9 Å². The zero-order valence-electron chi connectivity index (χ0n) is 14.6. The largest absolute Gasteiger partial charge is 0.379 e. The maximum absolute atomic E-state index is 14.0. The highest BCUT2D eigenvalue weighted by atomic mass is 19.1. The molecule has 1 atom stereocenters. The molecule has 3 heterocycles. The molecule has 1 aliphatic carbocycles. The lowest BCUT2D eigenvalue weighted by Gasteiger charge is -2.43. The smallest absolute Gasteiger partial charge is 0.256 e. The number of carbonyl (C=O) groups excluding carboxylic acids is 1. The summed E-state index contributed by atoms with van der Waals surface area (Å²) in [6.07, 6.45) is 7.28. The highest BCUT2D eigenvalue weighted by molar-refractivity contribution is 5.94. The van der Waals surface area contributed by atoms with Crippen molar-refractivity contribution in [2.75, 3.05) is 45.9 Å². The Hall–Kier alpha value is -1.53. The molecule has 1 aromatic heterocycles. The molecule has 4 rings (SSSR count). The molecular weight excluding hydrogens is 321 g/mol. The molecular formula is C19H26FN3O2. The van der Waals surface area contributed by atoms with E-state index in [4.69, 9.17) is 4.74 Å². The first-order chi connectivity index (χ1) is 12.2. The van der Waals surface area contributed by atoms with E-state index in [9.17, 15) is 9.18 Å². The number of hydrogen-bond donors (Lipinski definition) is 0. The number of carbonyl (C=O) groups is 1. The van der Waals surface area contributed by atoms with Crippen molar-refractivity contribution in [3.8, 4) is 0 Å². The number of ether oxygens (including phenoxy) is 1. The molecule has 0 bridgehead atoms. The second-order valence-electron chi connectivity index (χ2n) is 7.92. The standard InChI is InChI=1S/C19H26FN3O2/c20-17-10-21-6-4-16(17)18(24)23-7-1-5-19(13-23)12-22(8-9-25-14-19)11-15-2-3-15/h4,6,10,15H,1-3,5,7-9,11-14H2. The van der Waals surface area contributed by atoms with Gasteiger partial charge < -0.3 is 14.5 Å². The van der Waals surface area contributed by atoms with Gasteiger partial charge in [-0.05, 0) is 37.7 Å². The summed E-state index contributed by atoms with van der Waals surface area (Å²) in [5.41, 5.74) is 0.0967. The van der Waals surface area contributed by atoms with Gasteiger partial charge in [0.05, 0.1) is 25.0 Å². The van der Waals surface area contributed by atoms with Crippen LogP contribution in [0, 0.1) is 17.2 Å². The van der Waals surface area contributed by atoms with Gasteiger partial charge >= 0.3 is 0 Å². The predicted octanol–water partition coefficient (Wildman–Crippen LogP) is 2.19. The van der Waals surface area contributed by atoms with Crippen molar-refractivity contribution in [3.05, 3.63) is 29.8 Å². The van der Waals surface area contributed by atoms with Crippen LogP contribution >= 0.6 is 0 Å². The Morgan fingerprint density at radius 3 is 3.04 bits per heavy atom. The van der Waals surface area contributed by atoms with Crippen molar-refractivity contribution >= 4 is 5.91 Å². The molecule has 1 aromatic rings. The SMILES string of the molecule is O=C(c1ccncc1F)N1CCCC2(COCCN(CC3CC3)C2)C1. The first-order valence-electron chi connectivity index (χ1n) is 9.34. The van der Waals surface area contributed by atoms with Gasteiger partial charge in [-0.25, -0.2) is 4.39 Å². The van der Waals surface area contributed by atoms with Crippen molar-refractivity contribution < 1.29 is 13.9 Å². The molecule has 2 saturated heterocycles. The fourth-order valence-corrected chi connectivity index (χ4v) is 4.25. The van der Waals surface area contributed by atoms with E-state index in [1.807, 2.05) is 4.90 Å². The minimum Gasteiger partial charge on any atom is -0.379 e. The number of piperidine rings is 1. The number of pyridine rings is 1. The van der Waals surface area contributed by atoms with Crippen LogP contribution in [0.1, 0.15) is 36.0 Å². The molecule has 3 aliphatic rings. The second kappa shape index (κ2) is 7.00. The van der Waals surface area contributed by atoms with E-state index in [0.29, 0.717) is 19.7 Å². The van der Waals surface area contributed by atoms with Crippen LogP contribution in [0.3, 0.4) is 0 Å². The van der Waals surface area contributed by atoms with E-state index in [1.165, 1.54) is 25.1 Å². The van der Waals surface area contributed by atoms with Gasteiger partial charge in [-0.2, -0.15) is 0 Å². The lowest BCUT2D eigenvalue weighted by molar-refractivity contribution is 0.00699. The zero-order valence-corrected chi connectivity index (χ0v) is 14.6. The molecule has 3 fully saturated rings. The van der Waals surface area contributed by atoms with E-state index in [2.05, 4.69) is 9.88 Å². The Morgan fingerprint density at radius 1 is 1.36 bits per heavy atom. The molecule has 25 heavy (non-hydrogen) atoms. The number of aromatic nitrogens is 1. The van der Waals surface area contributed by atoms with Gasteiger partial charge in [-0.1, -0.05) is 0 Å². The summed E-state index contributed by atoms with van der Waals surface area (Å²) >= 11 is 0. The summed E-state index contributed by atoms with van der Waals surface area (Å²) in [5.74, 6) is 0.0824. The molecule has 0 aromatic carbocycles. The lowest BCUT2D eigenvalue weighted by atomic mass is 9.79. The van der Waals surface area contributed by atoms with Crippen LogP contribution in [0.15, 0.2) is 18.5 Å². The van der Waals surface area contributed by atoms with Gasteiger partial charge in [0.1, 0.15) is 0 Å². The third-order valence-electron chi connectivity index (χ3n) is 5.68. The Morgan fingerprint density at radius 2 is 2.24 bits per heavy atom. The molecule has 6 heteroatoms. The minimum atomic E-state index is -0.542. The minimum absolute atomic E-state index is 0.0250. The first-order valence-corrected chi connectivity index (χ1v) is 9.34. The Labute approximate surface area is 148 Å². The van der Waals surface area contributed by atoms with Gasteiger partial charge in [0.25, 0.3) is 5.91 Å². The third kappa shape index (κ3) is 3.85. The molecule has 136 valence electrons. The van der Waals surface area contributed by atoms with Crippen molar-refractivity contribution in [3.63, 3.8) is 0 Å². The van der Waals surface area contributed by atoms with Crippen molar-refractivity contribution in [1.29, 1.82) is 0 Å². The van der Waals surface area contributed by atoms with Gasteiger partial charge in [0.2, 0.25) is 0 Å². The summed E-state index contributed by atoms with van der Waals surface area (Å²) in [6, 6.07) is 1.47. The number of amides is 1. The normalized spacial score (nSPS) is 28.1. The summed E-state index contributed by atoms with van der Waals surface area (Å²) in [5, 5.41) is 0. The lowest BCUT2D eigenvalue weighted by Crippen LogP contribution is -2.52. The average molecular weight is 347 g/mol. The number of hydrogen-bond acceptors (Lipinski definition) is 4. The molecule has 1 amide bonds. The fraction of sp³-hybridized carbons (Fsp3) is 0.684. The molecule has 1 spiro atoms. The highest BCUT2D eigenvalue weighted by Gasteiger charge is 2.41. The number of halogens is 1. The number of nitrogens with zero attached hydrogens (tertiary/aromatic N) is 3. The van der Waals surface area contributed by atoms with Crippen LogP contribution in [0.25, 0.3) is 0 Å². The molecule has 1 unspecified atom stereocenters. The van der Waals surface area contributed by atoms with Crippen LogP contribution in [-0.2, 0) is 4.74 Å². The predicted molar refractivity (Wildman–Crippen MR) is 91.7 cm³/mol. The third-order valence-corrected chi connectivity index (χ3v) is 5.68. The fourth-order valence-electron chi connectivity index (χ4n) is 4.25. The molecule has 0 radical (unpaired) electrons. The van der Waals surface area contributed by atoms with E-state index < -0.39 is 5.82 Å². The first kappa shape index (κ1) is 16.9. The molecule has 2 aliphatic heterocycles. The summed E-state index contributed by atoms with van der Waals surface area (Å²) in [4.78, 5) is 20.9. The summed E-state index contributed by atoms with van der Waals surface area (Å²) < 4.78 is 19.9. The summed E-state index contributed by atoms with van der Waals surface area (Å²) in [7, 11) is 0. The van der Waals surface area contributed by atoms with Crippen LogP contribution in [0.2, 0.25) is 0 Å². The number of rotatable bonds is 3. The van der Waals surface area contributed by atoms with E-state index >= 15 is 0 Å². The molecule has 1 saturated carbocycles. The number of likely N-dealkylation sites (tertiary alicyclic amines) is 1. The Kier molecular flexibility index (Phi) is 4.73. The second-order valence-corrected chi connectivity index (χ2v) is 7.92. The molecule has 0 N–H and O–H groups in total. The van der Waals surface area contributed by atoms with E-state index in [0.717, 1.165) is 51.2 Å². The van der Waals surface area contributed by atoms with Gasteiger partial charge in [-0.3, -0.25) is 9.78 Å². The van der Waals surface area contributed by atoms with Crippen molar-refractivity contribution in [2.24, 2.45) is 11.3 Å². The van der Waals surface area contributed by atoms with Crippen LogP contribution in [-0.4, -0.2) is 66.6 Å². The zero-order chi connectivity index (χ0) is 17.3. The van der Waals surface area contributed by atoms with Crippen molar-refractivity contribution in [1.82, 2.24) is 14.8 Å². The quantitative estimate of drug-likeness (QED) is 0.841. The van der Waals surface area contributed by atoms with Gasteiger partial charge in [0.15, 0.2) is 5.82 Å². The Bertz CT molecular complexity index is 637. The highest BCUT2D eigenvalue weighted by Crippen LogP contribution is 2.36.